The summed E-state index contributed by atoms with van der Waals surface area (Å²) in [5, 5.41) is 15.9. The molecule has 5 aromatic rings. The third-order valence-electron chi connectivity index (χ3n) is 5.98. The maximum atomic E-state index is 15.0. The standard InChI is InChI=1S/C28H22F2N6O5/c1-34-15-17(14-32-34)24-13-21(8-9-31-24)41-25-7-4-19(12-23(25)30)33-26(38)22-16-35(10-11-37)28(40)36(27(22)39)20-5-2-18(29)3-6-20/h2-9,12-16,37H,10-11H2,1H3,(H,33,38). The number of halogens is 2. The number of carbonyl (C=O) groups excluding carboxylic acids is 1. The molecule has 0 saturated carbocycles. The number of hydrogen-bond acceptors (Lipinski definition) is 7. The summed E-state index contributed by atoms with van der Waals surface area (Å²) in [5.74, 6) is -2.11. The van der Waals surface area contributed by atoms with Crippen molar-refractivity contribution in [3.63, 3.8) is 0 Å². The minimum absolute atomic E-state index is 0.0123. The van der Waals surface area contributed by atoms with Gasteiger partial charge < -0.3 is 15.2 Å². The van der Waals surface area contributed by atoms with Crippen molar-refractivity contribution in [3.8, 4) is 28.4 Å². The molecule has 1 amide bonds. The van der Waals surface area contributed by atoms with Gasteiger partial charge in [-0.25, -0.2) is 18.1 Å². The van der Waals surface area contributed by atoms with E-state index >= 15 is 0 Å². The molecule has 0 fully saturated rings. The summed E-state index contributed by atoms with van der Waals surface area (Å²) in [6.45, 7) is -0.658. The fourth-order valence-corrected chi connectivity index (χ4v) is 4.02. The maximum absolute atomic E-state index is 15.0. The van der Waals surface area contributed by atoms with Crippen LogP contribution < -0.4 is 21.3 Å². The van der Waals surface area contributed by atoms with Crippen molar-refractivity contribution in [3.05, 3.63) is 117 Å². The number of amides is 1. The highest BCUT2D eigenvalue weighted by Gasteiger charge is 2.19. The lowest BCUT2D eigenvalue weighted by Gasteiger charge is -2.13. The van der Waals surface area contributed by atoms with Gasteiger partial charge in [-0.3, -0.25) is 23.8 Å². The lowest BCUT2D eigenvalue weighted by atomic mass is 10.2. The van der Waals surface area contributed by atoms with Crippen LogP contribution in [0.25, 0.3) is 16.9 Å². The third-order valence-corrected chi connectivity index (χ3v) is 5.98. The van der Waals surface area contributed by atoms with Crippen LogP contribution in [-0.4, -0.2) is 41.5 Å². The highest BCUT2D eigenvalue weighted by Crippen LogP contribution is 2.29. The minimum atomic E-state index is -0.976. The van der Waals surface area contributed by atoms with Gasteiger partial charge in [0, 0.05) is 49.0 Å². The fourth-order valence-electron chi connectivity index (χ4n) is 4.02. The van der Waals surface area contributed by atoms with E-state index in [2.05, 4.69) is 15.4 Å². The topological polar surface area (TPSA) is 133 Å². The molecule has 0 saturated heterocycles. The van der Waals surface area contributed by atoms with Crippen LogP contribution in [0.1, 0.15) is 10.4 Å². The maximum Gasteiger partial charge on any atom is 0.335 e. The highest BCUT2D eigenvalue weighted by atomic mass is 19.1. The van der Waals surface area contributed by atoms with E-state index in [1.54, 1.807) is 36.3 Å². The van der Waals surface area contributed by atoms with Crippen LogP contribution in [0.5, 0.6) is 11.5 Å². The van der Waals surface area contributed by atoms with Gasteiger partial charge in [0.05, 0.1) is 30.7 Å². The highest BCUT2D eigenvalue weighted by molar-refractivity contribution is 6.03. The molecule has 13 heteroatoms. The number of aliphatic hydroxyl groups excluding tert-OH is 1. The molecule has 0 aliphatic carbocycles. The minimum Gasteiger partial charge on any atom is -0.454 e. The molecule has 3 heterocycles. The van der Waals surface area contributed by atoms with E-state index in [0.29, 0.717) is 16.0 Å². The molecule has 2 aromatic carbocycles. The van der Waals surface area contributed by atoms with Gasteiger partial charge in [-0.05, 0) is 42.5 Å². The SMILES string of the molecule is Cn1cc(-c2cc(Oc3ccc(NC(=O)c4cn(CCO)c(=O)n(-c5ccc(F)cc5)c4=O)cc3F)ccn2)cn1. The smallest absolute Gasteiger partial charge is 0.335 e. The van der Waals surface area contributed by atoms with Gasteiger partial charge in [0.1, 0.15) is 17.1 Å². The lowest BCUT2D eigenvalue weighted by Crippen LogP contribution is -2.42. The predicted molar refractivity (Wildman–Crippen MR) is 144 cm³/mol. The molecule has 208 valence electrons. The van der Waals surface area contributed by atoms with Gasteiger partial charge in [0.2, 0.25) is 0 Å². The Kier molecular flexibility index (Phi) is 7.52. The van der Waals surface area contributed by atoms with Crippen molar-refractivity contribution in [1.29, 1.82) is 0 Å². The Morgan fingerprint density at radius 3 is 2.51 bits per heavy atom. The number of ether oxygens (including phenoxy) is 1. The number of aromatic nitrogens is 5. The summed E-state index contributed by atoms with van der Waals surface area (Å²) in [5.41, 5.74) is -0.897. The molecule has 2 N–H and O–H groups in total. The van der Waals surface area contributed by atoms with Gasteiger partial charge in [-0.15, -0.1) is 0 Å². The van der Waals surface area contributed by atoms with E-state index in [0.717, 1.165) is 34.5 Å². The second kappa shape index (κ2) is 11.4. The van der Waals surface area contributed by atoms with E-state index in [1.165, 1.54) is 30.5 Å². The number of nitrogens with zero attached hydrogens (tertiary/aromatic N) is 5. The van der Waals surface area contributed by atoms with Crippen molar-refractivity contribution >= 4 is 11.6 Å². The molecule has 0 spiro atoms. The van der Waals surface area contributed by atoms with E-state index in [-0.39, 0.29) is 23.7 Å². The van der Waals surface area contributed by atoms with E-state index < -0.39 is 41.0 Å². The first-order valence-electron chi connectivity index (χ1n) is 12.2. The second-order valence-electron chi connectivity index (χ2n) is 8.84. The number of carbonyl (C=O) groups is 1. The molecular formula is C28H22F2N6O5. The van der Waals surface area contributed by atoms with Crippen molar-refractivity contribution in [1.82, 2.24) is 23.9 Å². The van der Waals surface area contributed by atoms with Gasteiger partial charge in [0.25, 0.3) is 11.5 Å². The molecular weight excluding hydrogens is 538 g/mol. The van der Waals surface area contributed by atoms with Crippen LogP contribution in [-0.2, 0) is 13.6 Å². The van der Waals surface area contributed by atoms with Crippen LogP contribution >= 0.6 is 0 Å². The Bertz CT molecular complexity index is 1860. The Labute approximate surface area is 230 Å². The molecule has 0 aliphatic heterocycles. The van der Waals surface area contributed by atoms with Crippen molar-refractivity contribution in [2.45, 2.75) is 6.54 Å². The molecule has 41 heavy (non-hydrogen) atoms. The number of pyridine rings is 1. The zero-order valence-electron chi connectivity index (χ0n) is 21.5. The van der Waals surface area contributed by atoms with Gasteiger partial charge in [-0.1, -0.05) is 0 Å². The Morgan fingerprint density at radius 1 is 1.05 bits per heavy atom. The third kappa shape index (κ3) is 5.79. The number of hydrogen-bond donors (Lipinski definition) is 2. The molecule has 0 unspecified atom stereocenters. The van der Waals surface area contributed by atoms with E-state index in [4.69, 9.17) is 4.74 Å². The molecule has 3 aromatic heterocycles. The molecule has 0 bridgehead atoms. The van der Waals surface area contributed by atoms with E-state index in [1.807, 2.05) is 0 Å². The van der Waals surface area contributed by atoms with Gasteiger partial charge in [0.15, 0.2) is 11.6 Å². The zero-order chi connectivity index (χ0) is 29.1. The summed E-state index contributed by atoms with van der Waals surface area (Å²) in [4.78, 5) is 43.3. The fraction of sp³-hybridized carbons (Fsp3) is 0.107. The summed E-state index contributed by atoms with van der Waals surface area (Å²) in [6.07, 6.45) is 5.93. The average molecular weight is 561 g/mol. The number of aliphatic hydroxyl groups is 1. The summed E-state index contributed by atoms with van der Waals surface area (Å²) in [7, 11) is 1.77. The number of aryl methyl sites for hydroxylation is 1. The van der Waals surface area contributed by atoms with Crippen LogP contribution in [0.4, 0.5) is 14.5 Å². The monoisotopic (exact) mass is 560 g/mol. The Morgan fingerprint density at radius 2 is 1.83 bits per heavy atom. The largest absolute Gasteiger partial charge is 0.454 e. The molecule has 0 atom stereocenters. The normalized spacial score (nSPS) is 10.9. The first-order chi connectivity index (χ1) is 19.7. The molecule has 5 rings (SSSR count). The quantitative estimate of drug-likeness (QED) is 0.298. The number of nitrogens with one attached hydrogen (secondary N) is 1. The summed E-state index contributed by atoms with van der Waals surface area (Å²) < 4.78 is 37.3. The Balaban J connectivity index is 1.40. The van der Waals surface area contributed by atoms with Crippen molar-refractivity contribution in [2.24, 2.45) is 7.05 Å². The zero-order valence-corrected chi connectivity index (χ0v) is 21.5. The number of anilines is 1. The first kappa shape index (κ1) is 27.1. The first-order valence-corrected chi connectivity index (χ1v) is 12.2. The van der Waals surface area contributed by atoms with Crippen molar-refractivity contribution in [2.75, 3.05) is 11.9 Å². The lowest BCUT2D eigenvalue weighted by molar-refractivity contribution is 0.102. The van der Waals surface area contributed by atoms with Gasteiger partial charge in [-0.2, -0.15) is 5.10 Å². The summed E-state index contributed by atoms with van der Waals surface area (Å²) >= 11 is 0. The van der Waals surface area contributed by atoms with Crippen molar-refractivity contribution < 1.29 is 23.4 Å². The van der Waals surface area contributed by atoms with Crippen LogP contribution in [0, 0.1) is 11.6 Å². The second-order valence-corrected chi connectivity index (χ2v) is 8.84. The molecule has 0 radical (unpaired) electrons. The average Bonchev–Trinajstić information content (AvgIpc) is 3.39. The van der Waals surface area contributed by atoms with Gasteiger partial charge >= 0.3 is 5.69 Å². The molecule has 11 nitrogen and oxygen atoms in total. The Hall–Kier alpha value is -5.43. The van der Waals surface area contributed by atoms with Crippen LogP contribution in [0.2, 0.25) is 0 Å². The molecule has 0 aliphatic rings. The number of benzene rings is 2. The van der Waals surface area contributed by atoms with E-state index in [9.17, 15) is 28.3 Å². The summed E-state index contributed by atoms with van der Waals surface area (Å²) in [6, 6.07) is 11.4. The van der Waals surface area contributed by atoms with Crippen LogP contribution in [0.3, 0.4) is 0 Å². The van der Waals surface area contributed by atoms with Crippen LogP contribution in [0.15, 0.2) is 89.0 Å². The number of rotatable bonds is 8. The predicted octanol–water partition coefficient (Wildman–Crippen LogP) is 3.11.